The minimum Gasteiger partial charge on any atom is -0.339 e. The molecule has 166 valence electrons. The number of sulfonamides is 2. The molecular formula is C20H32N4O4S2+2. The van der Waals surface area contributed by atoms with Crippen molar-refractivity contribution in [2.24, 2.45) is 0 Å². The quantitative estimate of drug-likeness (QED) is 0.321. The van der Waals surface area contributed by atoms with E-state index in [4.69, 9.17) is 0 Å². The lowest BCUT2D eigenvalue weighted by atomic mass is 10.1. The van der Waals surface area contributed by atoms with Gasteiger partial charge in [-0.2, -0.15) is 0 Å². The molecule has 0 fully saturated rings. The van der Waals surface area contributed by atoms with Gasteiger partial charge in [-0.25, -0.2) is 26.3 Å². The predicted octanol–water partition coefficient (Wildman–Crippen LogP) is -1.80. The van der Waals surface area contributed by atoms with Crippen LogP contribution < -0.4 is 19.2 Å². The predicted molar refractivity (Wildman–Crippen MR) is 118 cm³/mol. The van der Waals surface area contributed by atoms with Crippen LogP contribution >= 0.6 is 0 Å². The van der Waals surface area contributed by atoms with E-state index in [0.29, 0.717) is 26.2 Å². The van der Waals surface area contributed by atoms with Crippen LogP contribution in [0.3, 0.4) is 0 Å². The number of nitrogens with one attached hydrogen (secondary N) is 4. The van der Waals surface area contributed by atoms with Crippen LogP contribution in [0.4, 0.5) is 0 Å². The Kier molecular flexibility index (Phi) is 8.53. The molecule has 2 rings (SSSR count). The molecule has 0 amide bonds. The Morgan fingerprint density at radius 2 is 0.900 bits per heavy atom. The minimum absolute atomic E-state index is 0.200. The van der Waals surface area contributed by atoms with Gasteiger partial charge in [0.05, 0.1) is 64.2 Å². The van der Waals surface area contributed by atoms with Gasteiger partial charge in [-0.3, -0.25) is 0 Å². The van der Waals surface area contributed by atoms with Gasteiger partial charge in [0.1, 0.15) is 0 Å². The summed E-state index contributed by atoms with van der Waals surface area (Å²) in [5.41, 5.74) is 1.61. The Balaban J connectivity index is 2.08. The fourth-order valence-corrected chi connectivity index (χ4v) is 4.75. The highest BCUT2D eigenvalue weighted by Gasteiger charge is 2.16. The van der Waals surface area contributed by atoms with Gasteiger partial charge in [0.2, 0.25) is 20.0 Å². The second-order valence-corrected chi connectivity index (χ2v) is 11.3. The smallest absolute Gasteiger partial charge is 0.240 e. The second-order valence-electron chi connectivity index (χ2n) is 7.76. The van der Waals surface area contributed by atoms with E-state index >= 15 is 0 Å². The molecule has 0 spiro atoms. The molecule has 2 aromatic carbocycles. The van der Waals surface area contributed by atoms with Gasteiger partial charge < -0.3 is 9.80 Å². The van der Waals surface area contributed by atoms with Crippen molar-refractivity contribution < 1.29 is 26.6 Å². The van der Waals surface area contributed by atoms with Crippen LogP contribution in [0.2, 0.25) is 0 Å². The zero-order valence-corrected chi connectivity index (χ0v) is 19.5. The third-order valence-electron chi connectivity index (χ3n) is 4.50. The molecule has 0 aromatic heterocycles. The summed E-state index contributed by atoms with van der Waals surface area (Å²) >= 11 is 0. The number of hydrogen-bond acceptors (Lipinski definition) is 4. The van der Waals surface area contributed by atoms with Gasteiger partial charge in [0.15, 0.2) is 0 Å². The first kappa shape index (κ1) is 24.4. The highest BCUT2D eigenvalue weighted by molar-refractivity contribution is 7.89. The molecule has 30 heavy (non-hydrogen) atoms. The van der Waals surface area contributed by atoms with Crippen LogP contribution in [0, 0.1) is 0 Å². The van der Waals surface area contributed by atoms with Crippen LogP contribution in [0.1, 0.15) is 0 Å². The summed E-state index contributed by atoms with van der Waals surface area (Å²) in [6.45, 7) is 2.12. The molecule has 2 aromatic rings. The lowest BCUT2D eigenvalue weighted by Gasteiger charge is -2.11. The summed E-state index contributed by atoms with van der Waals surface area (Å²) in [6.07, 6.45) is 0. The van der Waals surface area contributed by atoms with E-state index in [0.717, 1.165) is 20.9 Å². The molecule has 0 aliphatic heterocycles. The highest BCUT2D eigenvalue weighted by Crippen LogP contribution is 2.23. The molecule has 0 aliphatic rings. The van der Waals surface area contributed by atoms with E-state index in [-0.39, 0.29) is 9.79 Å². The molecule has 0 saturated carbocycles. The fourth-order valence-electron chi connectivity index (χ4n) is 2.69. The first-order valence-corrected chi connectivity index (χ1v) is 12.8. The Bertz CT molecular complexity index is 932. The minimum atomic E-state index is -3.55. The Morgan fingerprint density at radius 3 is 1.17 bits per heavy atom. The zero-order valence-electron chi connectivity index (χ0n) is 17.9. The van der Waals surface area contributed by atoms with Gasteiger partial charge >= 0.3 is 0 Å². The molecule has 0 bridgehead atoms. The number of quaternary nitrogens is 2. The van der Waals surface area contributed by atoms with Crippen LogP contribution in [0.5, 0.6) is 0 Å². The van der Waals surface area contributed by atoms with Crippen molar-refractivity contribution in [1.29, 1.82) is 0 Å². The summed E-state index contributed by atoms with van der Waals surface area (Å²) in [4.78, 5) is 2.72. The van der Waals surface area contributed by atoms with Crippen LogP contribution in [-0.2, 0) is 20.0 Å². The van der Waals surface area contributed by atoms with Crippen LogP contribution in [0.15, 0.2) is 58.3 Å². The first-order valence-electron chi connectivity index (χ1n) is 9.79. The summed E-state index contributed by atoms with van der Waals surface area (Å²) in [7, 11) is 0.738. The van der Waals surface area contributed by atoms with Crippen molar-refractivity contribution in [2.75, 3.05) is 54.4 Å². The maximum Gasteiger partial charge on any atom is 0.240 e. The topological polar surface area (TPSA) is 101 Å². The highest BCUT2D eigenvalue weighted by atomic mass is 32.2. The van der Waals surface area contributed by atoms with E-state index in [9.17, 15) is 16.8 Å². The molecule has 10 heteroatoms. The monoisotopic (exact) mass is 456 g/mol. The molecule has 4 N–H and O–H groups in total. The van der Waals surface area contributed by atoms with Gasteiger partial charge in [-0.15, -0.1) is 0 Å². The zero-order chi connectivity index (χ0) is 22.4. The number of likely N-dealkylation sites (N-methyl/N-ethyl adjacent to an activating group) is 2. The van der Waals surface area contributed by atoms with Gasteiger partial charge in [0.25, 0.3) is 0 Å². The standard InChI is InChI=1S/C20H30N4O4S2/c1-23(2)15-13-21-29(25,26)19-9-5-17(6-10-19)18-7-11-20(12-8-18)30(27,28)22-14-16-24(3)4/h5-12,21-22H,13-16H2,1-4H3/p+2. The lowest BCUT2D eigenvalue weighted by molar-refractivity contribution is -0.856. The molecule has 0 aliphatic carbocycles. The SMILES string of the molecule is C[NH+](C)CCNS(=O)(=O)c1ccc(-c2ccc(S(=O)(=O)NCC[NH+](C)C)cc2)cc1. The van der Waals surface area contributed by atoms with Gasteiger partial charge in [-0.1, -0.05) is 24.3 Å². The third-order valence-corrected chi connectivity index (χ3v) is 7.45. The normalized spacial score (nSPS) is 12.6. The number of benzene rings is 2. The summed E-state index contributed by atoms with van der Waals surface area (Å²) < 4.78 is 54.6. The molecule has 0 saturated heterocycles. The second kappa shape index (κ2) is 10.5. The van der Waals surface area contributed by atoms with E-state index in [1.54, 1.807) is 48.5 Å². The van der Waals surface area contributed by atoms with Crippen molar-refractivity contribution in [3.05, 3.63) is 48.5 Å². The first-order chi connectivity index (χ1) is 14.0. The van der Waals surface area contributed by atoms with E-state index in [1.165, 1.54) is 0 Å². The largest absolute Gasteiger partial charge is 0.339 e. The van der Waals surface area contributed by atoms with E-state index in [2.05, 4.69) is 9.44 Å². The van der Waals surface area contributed by atoms with Crippen molar-refractivity contribution in [2.45, 2.75) is 9.79 Å². The van der Waals surface area contributed by atoms with Crippen molar-refractivity contribution in [3.8, 4) is 11.1 Å². The maximum absolute atomic E-state index is 12.3. The van der Waals surface area contributed by atoms with Gasteiger partial charge in [-0.05, 0) is 35.4 Å². The lowest BCUT2D eigenvalue weighted by Crippen LogP contribution is -3.06. The molecule has 0 radical (unpaired) electrons. The van der Waals surface area contributed by atoms with Crippen molar-refractivity contribution >= 4 is 20.0 Å². The van der Waals surface area contributed by atoms with Crippen molar-refractivity contribution in [3.63, 3.8) is 0 Å². The molecule has 8 nitrogen and oxygen atoms in total. The maximum atomic E-state index is 12.3. The third kappa shape index (κ3) is 7.15. The summed E-state index contributed by atoms with van der Waals surface area (Å²) in [5, 5.41) is 0. The fraction of sp³-hybridized carbons (Fsp3) is 0.400. The average molecular weight is 457 g/mol. The molecule has 0 atom stereocenters. The van der Waals surface area contributed by atoms with Crippen LogP contribution in [-0.4, -0.2) is 71.2 Å². The van der Waals surface area contributed by atoms with E-state index < -0.39 is 20.0 Å². The molecule has 0 heterocycles. The Morgan fingerprint density at radius 1 is 0.600 bits per heavy atom. The van der Waals surface area contributed by atoms with Crippen LogP contribution in [0.25, 0.3) is 11.1 Å². The Hall–Kier alpha value is -1.82. The Labute approximate surface area is 180 Å². The molecular weight excluding hydrogens is 424 g/mol. The number of rotatable bonds is 11. The number of hydrogen-bond donors (Lipinski definition) is 4. The average Bonchev–Trinajstić information content (AvgIpc) is 2.67. The van der Waals surface area contributed by atoms with Crippen molar-refractivity contribution in [1.82, 2.24) is 9.44 Å². The van der Waals surface area contributed by atoms with Gasteiger partial charge in [0, 0.05) is 0 Å². The van der Waals surface area contributed by atoms with E-state index in [1.807, 2.05) is 28.2 Å². The molecule has 0 unspecified atom stereocenters. The summed E-state index contributed by atoms with van der Waals surface area (Å²) in [5.74, 6) is 0. The summed E-state index contributed by atoms with van der Waals surface area (Å²) in [6, 6.07) is 13.1.